The number of carbonyl (C=O) groups is 3. The summed E-state index contributed by atoms with van der Waals surface area (Å²) in [6.45, 7) is 5.59. The van der Waals surface area contributed by atoms with E-state index in [0.717, 1.165) is 25.8 Å². The summed E-state index contributed by atoms with van der Waals surface area (Å²) in [7, 11) is 3.95. The van der Waals surface area contributed by atoms with E-state index in [1.807, 2.05) is 31.1 Å². The first-order valence-electron chi connectivity index (χ1n) is 13.9. The van der Waals surface area contributed by atoms with Gasteiger partial charge < -0.3 is 25.2 Å². The molecule has 4 aliphatic rings. The lowest BCUT2D eigenvalue weighted by atomic mass is 9.73. The monoisotopic (exact) mass is 576 g/mol. The van der Waals surface area contributed by atoms with E-state index < -0.39 is 29.6 Å². The van der Waals surface area contributed by atoms with Crippen molar-refractivity contribution in [2.24, 2.45) is 23.7 Å². The summed E-state index contributed by atoms with van der Waals surface area (Å²) in [5.74, 6) is -1.47. The van der Waals surface area contributed by atoms with Crippen LogP contribution in [0.25, 0.3) is 0 Å². The Balaban J connectivity index is 1.43. The minimum absolute atomic E-state index is 0.0460. The van der Waals surface area contributed by atoms with Crippen LogP contribution >= 0.6 is 23.2 Å². The molecule has 2 N–H and O–H groups in total. The molecule has 3 fully saturated rings. The van der Waals surface area contributed by atoms with Crippen molar-refractivity contribution in [3.8, 4) is 0 Å². The maximum absolute atomic E-state index is 14.0. The topological polar surface area (TPSA) is 91.0 Å². The van der Waals surface area contributed by atoms with Crippen molar-refractivity contribution < 1.29 is 19.1 Å². The Hall–Kier alpha value is -2.13. The van der Waals surface area contributed by atoms with Gasteiger partial charge in [-0.2, -0.15) is 0 Å². The molecule has 8 nitrogen and oxygen atoms in total. The van der Waals surface area contributed by atoms with E-state index in [9.17, 15) is 14.4 Å². The first-order valence-corrected chi connectivity index (χ1v) is 14.7. The molecule has 39 heavy (non-hydrogen) atoms. The zero-order valence-corrected chi connectivity index (χ0v) is 24.5. The highest BCUT2D eigenvalue weighted by atomic mass is 35.5. The molecule has 1 aromatic rings. The normalized spacial score (nSPS) is 35.0. The van der Waals surface area contributed by atoms with Crippen molar-refractivity contribution in [2.45, 2.75) is 63.3 Å². The van der Waals surface area contributed by atoms with Crippen LogP contribution in [0.1, 0.15) is 39.5 Å². The summed E-state index contributed by atoms with van der Waals surface area (Å²) in [5, 5.41) is 6.95. The number of rotatable bonds is 8. The fourth-order valence-electron chi connectivity index (χ4n) is 6.96. The van der Waals surface area contributed by atoms with E-state index in [1.54, 1.807) is 23.1 Å². The van der Waals surface area contributed by atoms with E-state index in [4.69, 9.17) is 27.9 Å². The van der Waals surface area contributed by atoms with Gasteiger partial charge in [-0.05, 0) is 63.5 Å². The Morgan fingerprint density at radius 3 is 2.54 bits per heavy atom. The summed E-state index contributed by atoms with van der Waals surface area (Å²) in [6, 6.07) is 4.02. The predicted molar refractivity (Wildman–Crippen MR) is 152 cm³/mol. The summed E-state index contributed by atoms with van der Waals surface area (Å²) >= 11 is 12.3. The lowest BCUT2D eigenvalue weighted by Gasteiger charge is -2.38. The highest BCUT2D eigenvalue weighted by Crippen LogP contribution is 2.55. The molecule has 1 aliphatic carbocycles. The van der Waals surface area contributed by atoms with Gasteiger partial charge in [-0.25, -0.2) is 0 Å². The number of nitrogens with zero attached hydrogens (tertiary/aromatic N) is 2. The lowest BCUT2D eigenvalue weighted by molar-refractivity contribution is -0.141. The van der Waals surface area contributed by atoms with Gasteiger partial charge in [0.25, 0.3) is 0 Å². The first kappa shape index (κ1) is 28.4. The van der Waals surface area contributed by atoms with Crippen LogP contribution in [-0.2, 0) is 19.1 Å². The Kier molecular flexibility index (Phi) is 8.04. The van der Waals surface area contributed by atoms with Crippen LogP contribution in [0.3, 0.4) is 0 Å². The first-order chi connectivity index (χ1) is 18.5. The molecule has 2 saturated heterocycles. The van der Waals surface area contributed by atoms with E-state index in [0.29, 0.717) is 40.5 Å². The Morgan fingerprint density at radius 1 is 1.13 bits per heavy atom. The minimum Gasteiger partial charge on any atom is -0.359 e. The molecule has 3 heterocycles. The number of nitrogens with one attached hydrogen (secondary N) is 2. The molecular weight excluding hydrogens is 539 g/mol. The zero-order valence-electron chi connectivity index (χ0n) is 23.0. The standard InChI is InChI=1S/C29H38Cl2N4O4/c1-16-7-5-8-21(17(16)2)33-27(37)25-29-10-9-22(39-29)23(24(29)28(38)35(25)12-6-11-34(3)4)26(36)32-20-14-18(30)13-19(31)15-20/h9-10,13-17,21-25H,5-8,11-12H2,1-4H3,(H,32,36)(H,33,37)/t16-,17-,21+,22-,23-,24-,25+,29+/m1/s1. The number of benzene rings is 1. The summed E-state index contributed by atoms with van der Waals surface area (Å²) in [5.41, 5.74) is -0.733. The maximum atomic E-state index is 14.0. The lowest BCUT2D eigenvalue weighted by Crippen LogP contribution is -2.58. The van der Waals surface area contributed by atoms with Crippen LogP contribution in [0.5, 0.6) is 0 Å². The van der Waals surface area contributed by atoms with Gasteiger partial charge in [0.1, 0.15) is 11.6 Å². The molecule has 8 atom stereocenters. The molecule has 212 valence electrons. The molecule has 3 amide bonds. The Labute approximate surface area is 240 Å². The quantitative estimate of drug-likeness (QED) is 0.457. The van der Waals surface area contributed by atoms with Crippen LogP contribution in [-0.4, -0.2) is 78.5 Å². The smallest absolute Gasteiger partial charge is 0.246 e. The maximum Gasteiger partial charge on any atom is 0.246 e. The summed E-state index contributed by atoms with van der Waals surface area (Å²) in [6.07, 6.45) is 6.92. The summed E-state index contributed by atoms with van der Waals surface area (Å²) in [4.78, 5) is 45.4. The third-order valence-corrected chi connectivity index (χ3v) is 9.53. The molecule has 3 aliphatic heterocycles. The second-order valence-electron chi connectivity index (χ2n) is 11.9. The number of likely N-dealkylation sites (tertiary alicyclic amines) is 1. The molecule has 0 unspecified atom stereocenters. The van der Waals surface area contributed by atoms with Crippen molar-refractivity contribution >= 4 is 46.6 Å². The molecule has 1 spiro atoms. The number of hydrogen-bond acceptors (Lipinski definition) is 5. The number of halogens is 2. The van der Waals surface area contributed by atoms with Gasteiger partial charge in [-0.3, -0.25) is 14.4 Å². The molecule has 2 bridgehead atoms. The highest BCUT2D eigenvalue weighted by Gasteiger charge is 2.72. The van der Waals surface area contributed by atoms with Crippen LogP contribution in [0.2, 0.25) is 10.0 Å². The Morgan fingerprint density at radius 2 is 1.85 bits per heavy atom. The van der Waals surface area contributed by atoms with Gasteiger partial charge >= 0.3 is 0 Å². The minimum atomic E-state index is -1.18. The van der Waals surface area contributed by atoms with Gasteiger partial charge in [0.05, 0.1) is 17.9 Å². The molecule has 0 aromatic heterocycles. The number of hydrogen-bond donors (Lipinski definition) is 2. The molecule has 1 saturated carbocycles. The van der Waals surface area contributed by atoms with Crippen LogP contribution in [0, 0.1) is 23.7 Å². The molecule has 5 rings (SSSR count). The SMILES string of the molecule is C[C@@H]1[C@H](C)CCC[C@@H]1NC(=O)[C@@H]1N(CCCN(C)C)C(=O)[C@H]2[C@H](C(=O)Nc3cc(Cl)cc(Cl)c3)[C@H]3C=C[C@@]12O3. The number of anilines is 1. The van der Waals surface area contributed by atoms with E-state index >= 15 is 0 Å². The second-order valence-corrected chi connectivity index (χ2v) is 12.8. The zero-order chi connectivity index (χ0) is 28.1. The van der Waals surface area contributed by atoms with Gasteiger partial charge in [0.15, 0.2) is 0 Å². The highest BCUT2D eigenvalue weighted by molar-refractivity contribution is 6.35. The van der Waals surface area contributed by atoms with Crippen LogP contribution in [0.15, 0.2) is 30.4 Å². The van der Waals surface area contributed by atoms with E-state index in [2.05, 4.69) is 24.5 Å². The van der Waals surface area contributed by atoms with Gasteiger partial charge in [0, 0.05) is 28.3 Å². The van der Waals surface area contributed by atoms with Gasteiger partial charge in [-0.15, -0.1) is 0 Å². The third-order valence-electron chi connectivity index (χ3n) is 9.09. The number of amides is 3. The number of fused-ring (bicyclic) bond motifs is 1. The number of carbonyl (C=O) groups excluding carboxylic acids is 3. The predicted octanol–water partition coefficient (Wildman–Crippen LogP) is 3.98. The van der Waals surface area contributed by atoms with E-state index in [1.165, 1.54) is 0 Å². The van der Waals surface area contributed by atoms with Crippen LogP contribution < -0.4 is 10.6 Å². The van der Waals surface area contributed by atoms with Gasteiger partial charge in [0.2, 0.25) is 17.7 Å². The van der Waals surface area contributed by atoms with Crippen molar-refractivity contribution in [3.63, 3.8) is 0 Å². The average molecular weight is 578 g/mol. The molecular formula is C29H38Cl2N4O4. The molecule has 0 radical (unpaired) electrons. The molecule has 1 aromatic carbocycles. The van der Waals surface area contributed by atoms with Gasteiger partial charge in [-0.1, -0.05) is 62.0 Å². The van der Waals surface area contributed by atoms with Crippen molar-refractivity contribution in [1.82, 2.24) is 15.1 Å². The largest absolute Gasteiger partial charge is 0.359 e. The van der Waals surface area contributed by atoms with Crippen molar-refractivity contribution in [3.05, 3.63) is 40.4 Å². The van der Waals surface area contributed by atoms with Crippen LogP contribution in [0.4, 0.5) is 5.69 Å². The fraction of sp³-hybridized carbons (Fsp3) is 0.621. The average Bonchev–Trinajstić information content (AvgIpc) is 3.49. The van der Waals surface area contributed by atoms with E-state index in [-0.39, 0.29) is 23.8 Å². The third kappa shape index (κ3) is 5.21. The van der Waals surface area contributed by atoms with Crippen molar-refractivity contribution in [1.29, 1.82) is 0 Å². The number of ether oxygens (including phenoxy) is 1. The molecule has 10 heteroatoms. The second kappa shape index (κ2) is 11.0. The Bertz CT molecular complexity index is 1160. The summed E-state index contributed by atoms with van der Waals surface area (Å²) < 4.78 is 6.44. The van der Waals surface area contributed by atoms with Crippen molar-refractivity contribution in [2.75, 3.05) is 32.5 Å². The fourth-order valence-corrected chi connectivity index (χ4v) is 7.49.